The lowest BCUT2D eigenvalue weighted by Gasteiger charge is -2.28. The van der Waals surface area contributed by atoms with Gasteiger partial charge in [0.25, 0.3) is 5.91 Å². The third kappa shape index (κ3) is 5.21. The van der Waals surface area contributed by atoms with Crippen molar-refractivity contribution in [2.24, 2.45) is 0 Å². The standard InChI is InChI=1S/C30H26N6O3S/c37-28(26-12-7-18-34(26)30(38)39-21-22-8-3-1-4-9-22)35(29-31-17-19-40-29)24-13-15-25(16-14-24)36-27(20-32-33-36)23-10-5-2-6-11-23/h1-6,8-11,13-17,19-20,26H,7,12,18,21H2. The normalized spacial score (nSPS) is 14.7. The topological polar surface area (TPSA) is 93.5 Å². The Morgan fingerprint density at radius 1 is 0.975 bits per heavy atom. The van der Waals surface area contributed by atoms with Crippen molar-refractivity contribution in [1.82, 2.24) is 24.9 Å². The molecule has 0 bridgehead atoms. The van der Waals surface area contributed by atoms with Crippen LogP contribution in [0.15, 0.2) is 103 Å². The van der Waals surface area contributed by atoms with Gasteiger partial charge in [0.2, 0.25) is 0 Å². The first-order chi connectivity index (χ1) is 19.7. The van der Waals surface area contributed by atoms with E-state index in [4.69, 9.17) is 4.74 Å². The molecule has 0 aliphatic carbocycles. The summed E-state index contributed by atoms with van der Waals surface area (Å²) in [6.45, 7) is 0.616. The second kappa shape index (κ2) is 11.5. The maximum Gasteiger partial charge on any atom is 0.410 e. The molecule has 1 unspecified atom stereocenters. The Labute approximate surface area is 235 Å². The molecule has 3 heterocycles. The maximum absolute atomic E-state index is 14.0. The van der Waals surface area contributed by atoms with Gasteiger partial charge in [-0.3, -0.25) is 14.6 Å². The predicted octanol–water partition coefficient (Wildman–Crippen LogP) is 5.86. The van der Waals surface area contributed by atoms with Crippen molar-refractivity contribution in [1.29, 1.82) is 0 Å². The molecule has 3 aromatic carbocycles. The molecule has 200 valence electrons. The van der Waals surface area contributed by atoms with Crippen LogP contribution in [-0.4, -0.2) is 49.5 Å². The molecule has 1 atom stereocenters. The lowest BCUT2D eigenvalue weighted by Crippen LogP contribution is -2.46. The molecule has 0 saturated carbocycles. The molecule has 2 aromatic heterocycles. The van der Waals surface area contributed by atoms with Gasteiger partial charge in [-0.2, -0.15) is 0 Å². The average Bonchev–Trinajstić information content (AvgIpc) is 3.80. The van der Waals surface area contributed by atoms with E-state index in [1.54, 1.807) is 22.0 Å². The van der Waals surface area contributed by atoms with E-state index in [1.165, 1.54) is 16.2 Å². The summed E-state index contributed by atoms with van der Waals surface area (Å²) in [6.07, 6.45) is 4.17. The predicted molar refractivity (Wildman–Crippen MR) is 152 cm³/mol. The number of hydrogen-bond acceptors (Lipinski definition) is 7. The molecule has 6 rings (SSSR count). The van der Waals surface area contributed by atoms with E-state index in [-0.39, 0.29) is 12.5 Å². The van der Waals surface area contributed by atoms with Crippen LogP contribution in [0.3, 0.4) is 0 Å². The summed E-state index contributed by atoms with van der Waals surface area (Å²) in [6, 6.07) is 26.3. The second-order valence-electron chi connectivity index (χ2n) is 9.29. The van der Waals surface area contributed by atoms with E-state index in [2.05, 4.69) is 15.3 Å². The third-order valence-corrected chi connectivity index (χ3v) is 7.54. The number of nitrogens with zero attached hydrogens (tertiary/aromatic N) is 6. The SMILES string of the molecule is O=C(C1CCCN1C(=O)OCc1ccccc1)N(c1ccc(-n2nncc2-c2ccccc2)cc1)c1nccs1. The first kappa shape index (κ1) is 25.4. The first-order valence-electron chi connectivity index (χ1n) is 13.0. The summed E-state index contributed by atoms with van der Waals surface area (Å²) in [4.78, 5) is 34.5. The zero-order valence-electron chi connectivity index (χ0n) is 21.5. The lowest BCUT2D eigenvalue weighted by molar-refractivity contribution is -0.121. The molecule has 0 spiro atoms. The Balaban J connectivity index is 1.24. The average molecular weight is 551 g/mol. The molecule has 1 aliphatic rings. The van der Waals surface area contributed by atoms with Crippen molar-refractivity contribution in [3.05, 3.63) is 108 Å². The number of rotatable bonds is 7. The van der Waals surface area contributed by atoms with Gasteiger partial charge in [0, 0.05) is 23.7 Å². The minimum absolute atomic E-state index is 0.155. The Hall–Kier alpha value is -4.83. The minimum Gasteiger partial charge on any atom is -0.445 e. The van der Waals surface area contributed by atoms with Gasteiger partial charge in [0.1, 0.15) is 12.6 Å². The summed E-state index contributed by atoms with van der Waals surface area (Å²) in [5.41, 5.74) is 4.20. The molecule has 10 heteroatoms. The van der Waals surface area contributed by atoms with Crippen LogP contribution in [0.25, 0.3) is 16.9 Å². The fraction of sp³-hybridized carbons (Fsp3) is 0.167. The largest absolute Gasteiger partial charge is 0.445 e. The summed E-state index contributed by atoms with van der Waals surface area (Å²) in [5, 5.41) is 10.7. The maximum atomic E-state index is 14.0. The molecule has 0 radical (unpaired) electrons. The van der Waals surface area contributed by atoms with Crippen molar-refractivity contribution in [3.8, 4) is 16.9 Å². The quantitative estimate of drug-likeness (QED) is 0.252. The number of likely N-dealkylation sites (tertiary alicyclic amines) is 1. The Kier molecular flexibility index (Phi) is 7.32. The van der Waals surface area contributed by atoms with Crippen LogP contribution < -0.4 is 4.90 Å². The summed E-state index contributed by atoms with van der Waals surface area (Å²) in [5.74, 6) is -0.220. The molecule has 40 heavy (non-hydrogen) atoms. The van der Waals surface area contributed by atoms with Crippen molar-refractivity contribution in [2.45, 2.75) is 25.5 Å². The Bertz CT molecular complexity index is 1570. The molecule has 0 N–H and O–H groups in total. The van der Waals surface area contributed by atoms with Crippen LogP contribution in [0.4, 0.5) is 15.6 Å². The number of amides is 2. The fourth-order valence-electron chi connectivity index (χ4n) is 4.83. The van der Waals surface area contributed by atoms with Crippen LogP contribution in [0.1, 0.15) is 18.4 Å². The number of anilines is 2. The molecule has 1 aliphatic heterocycles. The number of ether oxygens (including phenoxy) is 1. The summed E-state index contributed by atoms with van der Waals surface area (Å²) in [7, 11) is 0. The highest BCUT2D eigenvalue weighted by molar-refractivity contribution is 7.13. The van der Waals surface area contributed by atoms with E-state index < -0.39 is 12.1 Å². The van der Waals surface area contributed by atoms with E-state index in [0.29, 0.717) is 23.8 Å². The molecule has 1 saturated heterocycles. The third-order valence-electron chi connectivity index (χ3n) is 6.78. The minimum atomic E-state index is -0.646. The highest BCUT2D eigenvalue weighted by Crippen LogP contribution is 2.32. The van der Waals surface area contributed by atoms with Crippen molar-refractivity contribution in [2.75, 3.05) is 11.4 Å². The summed E-state index contributed by atoms with van der Waals surface area (Å²) < 4.78 is 7.32. The number of thiazole rings is 1. The Morgan fingerprint density at radius 3 is 2.45 bits per heavy atom. The highest BCUT2D eigenvalue weighted by Gasteiger charge is 2.39. The molecule has 5 aromatic rings. The van der Waals surface area contributed by atoms with E-state index in [9.17, 15) is 9.59 Å². The summed E-state index contributed by atoms with van der Waals surface area (Å²) >= 11 is 1.36. The van der Waals surface area contributed by atoms with Gasteiger partial charge in [0.05, 0.1) is 23.3 Å². The van der Waals surface area contributed by atoms with Crippen LogP contribution in [0, 0.1) is 0 Å². The van der Waals surface area contributed by atoms with Crippen LogP contribution in [-0.2, 0) is 16.1 Å². The van der Waals surface area contributed by atoms with Crippen molar-refractivity contribution in [3.63, 3.8) is 0 Å². The smallest absolute Gasteiger partial charge is 0.410 e. The van der Waals surface area contributed by atoms with Gasteiger partial charge in [-0.05, 0) is 42.7 Å². The van der Waals surface area contributed by atoms with Gasteiger partial charge in [-0.1, -0.05) is 65.9 Å². The molecule has 1 fully saturated rings. The van der Waals surface area contributed by atoms with Gasteiger partial charge in [-0.25, -0.2) is 14.5 Å². The fourth-order valence-corrected chi connectivity index (χ4v) is 5.49. The number of carbonyl (C=O) groups is 2. The van der Waals surface area contributed by atoms with Crippen LogP contribution in [0.2, 0.25) is 0 Å². The highest BCUT2D eigenvalue weighted by atomic mass is 32.1. The van der Waals surface area contributed by atoms with Gasteiger partial charge >= 0.3 is 6.09 Å². The van der Waals surface area contributed by atoms with Crippen molar-refractivity contribution >= 4 is 34.2 Å². The molecular formula is C30H26N6O3S. The monoisotopic (exact) mass is 550 g/mol. The van der Waals surface area contributed by atoms with Gasteiger partial charge in [-0.15, -0.1) is 16.4 Å². The number of aromatic nitrogens is 4. The zero-order chi connectivity index (χ0) is 27.3. The van der Waals surface area contributed by atoms with Gasteiger partial charge < -0.3 is 4.74 Å². The van der Waals surface area contributed by atoms with Gasteiger partial charge in [0.15, 0.2) is 5.13 Å². The molecular weight excluding hydrogens is 524 g/mol. The first-order valence-corrected chi connectivity index (χ1v) is 13.8. The van der Waals surface area contributed by atoms with E-state index >= 15 is 0 Å². The molecule has 9 nitrogen and oxygen atoms in total. The molecule has 2 amide bonds. The van der Waals surface area contributed by atoms with Crippen LogP contribution in [0.5, 0.6) is 0 Å². The Morgan fingerprint density at radius 2 is 1.73 bits per heavy atom. The number of carbonyl (C=O) groups excluding carboxylic acids is 2. The zero-order valence-corrected chi connectivity index (χ0v) is 22.4. The second-order valence-corrected chi connectivity index (χ2v) is 10.2. The van der Waals surface area contributed by atoms with Crippen LogP contribution >= 0.6 is 11.3 Å². The van der Waals surface area contributed by atoms with Crippen molar-refractivity contribution < 1.29 is 14.3 Å². The lowest BCUT2D eigenvalue weighted by atomic mass is 10.1. The number of benzene rings is 3. The van der Waals surface area contributed by atoms with E-state index in [1.807, 2.05) is 90.3 Å². The van der Waals surface area contributed by atoms with E-state index in [0.717, 1.165) is 28.9 Å². The number of hydrogen-bond donors (Lipinski definition) is 0.